The van der Waals surface area contributed by atoms with Crippen molar-refractivity contribution in [1.29, 1.82) is 0 Å². The lowest BCUT2D eigenvalue weighted by atomic mass is 10.1. The summed E-state index contributed by atoms with van der Waals surface area (Å²) in [4.78, 5) is 11.1. The molecule has 0 spiro atoms. The maximum Gasteiger partial charge on any atom is 0.191 e. The molecule has 8 heteroatoms. The maximum absolute atomic E-state index is 5.58. The first-order valence-corrected chi connectivity index (χ1v) is 8.74. The Labute approximate surface area is 174 Å². The normalized spacial score (nSPS) is 18.3. The molecular weight excluding hydrogens is 445 g/mol. The topological polar surface area (TPSA) is 71.0 Å². The number of aromatic nitrogens is 1. The van der Waals surface area contributed by atoms with E-state index in [4.69, 9.17) is 9.47 Å². The van der Waals surface area contributed by atoms with E-state index in [1.165, 1.54) is 0 Å². The van der Waals surface area contributed by atoms with Crippen LogP contribution in [0.2, 0.25) is 0 Å². The number of nitrogens with one attached hydrogen (secondary N) is 2. The molecule has 1 unspecified atom stereocenters. The summed E-state index contributed by atoms with van der Waals surface area (Å²) < 4.78 is 11.0. The third-order valence-electron chi connectivity index (χ3n) is 4.29. The number of hydrogen-bond donors (Lipinski definition) is 2. The first kappa shape index (κ1) is 22.9. The van der Waals surface area contributed by atoms with Gasteiger partial charge in [-0.25, -0.2) is 4.98 Å². The quantitative estimate of drug-likeness (QED) is 0.371. The molecular formula is C18H32IN5O2. The van der Waals surface area contributed by atoms with Crippen LogP contribution in [-0.4, -0.2) is 63.0 Å². The van der Waals surface area contributed by atoms with Crippen molar-refractivity contribution < 1.29 is 9.47 Å². The molecule has 1 aromatic heterocycles. The molecule has 0 aliphatic carbocycles. The number of aliphatic imine (C=N–C) groups is 1. The average Bonchev–Trinajstić information content (AvgIpc) is 2.62. The highest BCUT2D eigenvalue weighted by molar-refractivity contribution is 14.0. The second-order valence-electron chi connectivity index (χ2n) is 6.90. The van der Waals surface area contributed by atoms with Gasteiger partial charge in [-0.3, -0.25) is 4.99 Å². The van der Waals surface area contributed by atoms with Crippen molar-refractivity contribution in [2.45, 2.75) is 39.0 Å². The minimum absolute atomic E-state index is 0. The van der Waals surface area contributed by atoms with E-state index in [9.17, 15) is 0 Å². The molecule has 0 saturated carbocycles. The minimum Gasteiger partial charge on any atom is -0.377 e. The Kier molecular flexibility index (Phi) is 9.59. The van der Waals surface area contributed by atoms with E-state index in [-0.39, 0.29) is 35.7 Å². The van der Waals surface area contributed by atoms with Crippen LogP contribution in [0.1, 0.15) is 26.3 Å². The third-order valence-corrected chi connectivity index (χ3v) is 4.29. The van der Waals surface area contributed by atoms with Gasteiger partial charge in [0.25, 0.3) is 0 Å². The van der Waals surface area contributed by atoms with Crippen molar-refractivity contribution in [2.24, 2.45) is 4.99 Å². The Morgan fingerprint density at radius 2 is 2.19 bits per heavy atom. The molecule has 1 aliphatic rings. The van der Waals surface area contributed by atoms with Crippen molar-refractivity contribution in [1.82, 2.24) is 15.6 Å². The molecule has 7 nitrogen and oxygen atoms in total. The monoisotopic (exact) mass is 477 g/mol. The zero-order valence-corrected chi connectivity index (χ0v) is 18.7. The summed E-state index contributed by atoms with van der Waals surface area (Å²) in [5.41, 5.74) is 0.870. The van der Waals surface area contributed by atoms with Gasteiger partial charge in [-0.05, 0) is 32.4 Å². The summed E-state index contributed by atoms with van der Waals surface area (Å²) in [5, 5.41) is 6.57. The van der Waals surface area contributed by atoms with Gasteiger partial charge in [0.2, 0.25) is 0 Å². The summed E-state index contributed by atoms with van der Waals surface area (Å²) in [6.07, 6.45) is 2.16. The predicted octanol–water partition coefficient (Wildman–Crippen LogP) is 2.01. The fraction of sp³-hybridized carbons (Fsp3) is 0.667. The van der Waals surface area contributed by atoms with Gasteiger partial charge < -0.3 is 25.0 Å². The molecule has 1 aliphatic heterocycles. The smallest absolute Gasteiger partial charge is 0.191 e. The Balaban J connectivity index is 0.00000338. The number of hydrogen-bond acceptors (Lipinski definition) is 5. The zero-order valence-electron chi connectivity index (χ0n) is 16.4. The zero-order chi connectivity index (χ0) is 18.3. The van der Waals surface area contributed by atoms with E-state index < -0.39 is 0 Å². The van der Waals surface area contributed by atoms with Gasteiger partial charge in [-0.15, -0.1) is 24.0 Å². The highest BCUT2D eigenvalue weighted by Gasteiger charge is 2.18. The van der Waals surface area contributed by atoms with E-state index in [0.717, 1.165) is 37.0 Å². The molecule has 2 N–H and O–H groups in total. The molecule has 1 saturated heterocycles. The summed E-state index contributed by atoms with van der Waals surface area (Å²) >= 11 is 0. The first-order chi connectivity index (χ1) is 11.9. The predicted molar refractivity (Wildman–Crippen MR) is 117 cm³/mol. The van der Waals surface area contributed by atoms with E-state index in [1.54, 1.807) is 14.2 Å². The van der Waals surface area contributed by atoms with Gasteiger partial charge in [-0.1, -0.05) is 6.07 Å². The van der Waals surface area contributed by atoms with Gasteiger partial charge in [-0.2, -0.15) is 0 Å². The maximum atomic E-state index is 5.58. The van der Waals surface area contributed by atoms with Gasteiger partial charge >= 0.3 is 0 Å². The van der Waals surface area contributed by atoms with Gasteiger partial charge in [0, 0.05) is 46.5 Å². The number of methoxy groups -OCH3 is 1. The Hall–Kier alpha value is -1.13. The van der Waals surface area contributed by atoms with Crippen molar-refractivity contribution in [3.63, 3.8) is 0 Å². The third kappa shape index (κ3) is 7.24. The summed E-state index contributed by atoms with van der Waals surface area (Å²) in [6.45, 7) is 10.0. The SMILES string of the molecule is CN=C(NCc1ccc(N2CCOC(C)C2)nc1)NCC(C)(C)OC.I. The van der Waals surface area contributed by atoms with Crippen molar-refractivity contribution >= 4 is 35.8 Å². The first-order valence-electron chi connectivity index (χ1n) is 8.74. The number of morpholine rings is 1. The molecule has 2 rings (SSSR count). The van der Waals surface area contributed by atoms with Gasteiger partial charge in [0.05, 0.1) is 18.3 Å². The Bertz CT molecular complexity index is 565. The second kappa shape index (κ2) is 10.9. The molecule has 26 heavy (non-hydrogen) atoms. The van der Waals surface area contributed by atoms with E-state index in [0.29, 0.717) is 13.1 Å². The lowest BCUT2D eigenvalue weighted by Gasteiger charge is -2.32. The van der Waals surface area contributed by atoms with Crippen LogP contribution in [0.4, 0.5) is 5.82 Å². The molecule has 0 amide bonds. The molecule has 148 valence electrons. The number of pyridine rings is 1. The minimum atomic E-state index is -0.240. The molecule has 2 heterocycles. The van der Waals surface area contributed by atoms with Crippen LogP contribution in [0.5, 0.6) is 0 Å². The number of halogens is 1. The number of ether oxygens (including phenoxy) is 2. The molecule has 0 radical (unpaired) electrons. The fourth-order valence-electron chi connectivity index (χ4n) is 2.51. The van der Waals surface area contributed by atoms with E-state index in [1.807, 2.05) is 20.0 Å². The number of guanidine groups is 1. The summed E-state index contributed by atoms with van der Waals surface area (Å²) in [6, 6.07) is 4.17. The second-order valence-corrected chi connectivity index (χ2v) is 6.90. The molecule has 1 fully saturated rings. The molecule has 1 atom stereocenters. The van der Waals surface area contributed by atoms with Crippen molar-refractivity contribution in [3.05, 3.63) is 23.9 Å². The lowest BCUT2D eigenvalue weighted by Crippen LogP contribution is -2.45. The standard InChI is InChI=1S/C18H31N5O2.HI/c1-14-12-23(8-9-25-14)16-7-6-15(10-20-16)11-21-17(19-4)22-13-18(2,3)24-5;/h6-7,10,14H,8-9,11-13H2,1-5H3,(H2,19,21,22);1H. The van der Waals surface area contributed by atoms with Gasteiger partial charge in [0.15, 0.2) is 5.96 Å². The van der Waals surface area contributed by atoms with E-state index in [2.05, 4.69) is 44.6 Å². The largest absolute Gasteiger partial charge is 0.377 e. The van der Waals surface area contributed by atoms with Crippen LogP contribution in [0.3, 0.4) is 0 Å². The number of nitrogens with zero attached hydrogens (tertiary/aromatic N) is 3. The van der Waals surface area contributed by atoms with Crippen molar-refractivity contribution in [2.75, 3.05) is 45.3 Å². The number of rotatable bonds is 6. The van der Waals surface area contributed by atoms with Crippen LogP contribution in [0.15, 0.2) is 23.3 Å². The average molecular weight is 477 g/mol. The summed E-state index contributed by atoms with van der Waals surface area (Å²) in [5.74, 6) is 1.75. The lowest BCUT2D eigenvalue weighted by molar-refractivity contribution is 0.0268. The van der Waals surface area contributed by atoms with Gasteiger partial charge in [0.1, 0.15) is 5.82 Å². The fourth-order valence-corrected chi connectivity index (χ4v) is 2.51. The Morgan fingerprint density at radius 1 is 1.42 bits per heavy atom. The molecule has 1 aromatic rings. The Morgan fingerprint density at radius 3 is 2.77 bits per heavy atom. The summed E-state index contributed by atoms with van der Waals surface area (Å²) in [7, 11) is 3.47. The highest BCUT2D eigenvalue weighted by Crippen LogP contribution is 2.15. The molecule has 0 bridgehead atoms. The number of anilines is 1. The van der Waals surface area contributed by atoms with Crippen LogP contribution in [0.25, 0.3) is 0 Å². The van der Waals surface area contributed by atoms with Crippen LogP contribution in [0, 0.1) is 0 Å². The molecule has 0 aromatic carbocycles. The van der Waals surface area contributed by atoms with Crippen LogP contribution in [-0.2, 0) is 16.0 Å². The van der Waals surface area contributed by atoms with Crippen LogP contribution >= 0.6 is 24.0 Å². The van der Waals surface area contributed by atoms with Crippen LogP contribution < -0.4 is 15.5 Å². The highest BCUT2D eigenvalue weighted by atomic mass is 127. The van der Waals surface area contributed by atoms with Crippen molar-refractivity contribution in [3.8, 4) is 0 Å². The van der Waals surface area contributed by atoms with E-state index >= 15 is 0 Å².